The lowest BCUT2D eigenvalue weighted by Gasteiger charge is -2.13. The van der Waals surface area contributed by atoms with Crippen LogP contribution >= 0.6 is 11.8 Å². The average molecular weight is 313 g/mol. The smallest absolute Gasteiger partial charge is 0.327 e. The second kappa shape index (κ2) is 4.74. The third-order valence-corrected chi connectivity index (χ3v) is 4.97. The molecule has 0 radical (unpaired) electrons. The molecule has 2 aromatic heterocycles. The molecule has 1 aromatic carbocycles. The van der Waals surface area contributed by atoms with Crippen molar-refractivity contribution < 1.29 is 9.90 Å². The summed E-state index contributed by atoms with van der Waals surface area (Å²) in [4.78, 5) is 24.0. The lowest BCUT2D eigenvalue weighted by molar-refractivity contribution is -0.140. The van der Waals surface area contributed by atoms with Crippen molar-refractivity contribution in [3.63, 3.8) is 0 Å². The van der Waals surface area contributed by atoms with Gasteiger partial charge in [-0.2, -0.15) is 5.10 Å². The minimum absolute atomic E-state index is 0.334. The first-order valence-corrected chi connectivity index (χ1v) is 7.69. The number of aliphatic carboxylic acids is 1. The third-order valence-electron chi connectivity index (χ3n) is 3.81. The number of carboxylic acids is 1. The van der Waals surface area contributed by atoms with Crippen LogP contribution in [0.1, 0.15) is 6.04 Å². The summed E-state index contributed by atoms with van der Waals surface area (Å²) >= 11 is 1.40. The SMILES string of the molecule is O=C(O)[C@@H]1CSc2c(-c3ccccc3)c3cn[nH]c3c(=O)n21. The Morgan fingerprint density at radius 1 is 1.36 bits per heavy atom. The Morgan fingerprint density at radius 3 is 2.86 bits per heavy atom. The van der Waals surface area contributed by atoms with Crippen molar-refractivity contribution in [1.29, 1.82) is 0 Å². The van der Waals surface area contributed by atoms with Crippen LogP contribution in [0.2, 0.25) is 0 Å². The number of aromatic nitrogens is 3. The molecule has 22 heavy (non-hydrogen) atoms. The Kier molecular flexibility index (Phi) is 2.83. The van der Waals surface area contributed by atoms with Crippen molar-refractivity contribution in [2.24, 2.45) is 0 Å². The highest BCUT2D eigenvalue weighted by molar-refractivity contribution is 7.99. The molecule has 3 heterocycles. The molecule has 0 fully saturated rings. The zero-order chi connectivity index (χ0) is 15.3. The number of benzene rings is 1. The Balaban J connectivity index is 2.14. The molecule has 1 atom stereocenters. The summed E-state index contributed by atoms with van der Waals surface area (Å²) in [5, 5.41) is 17.5. The molecule has 0 amide bonds. The fraction of sp³-hybridized carbons (Fsp3) is 0.133. The fourth-order valence-corrected chi connectivity index (χ4v) is 4.14. The summed E-state index contributed by atoms with van der Waals surface area (Å²) in [6.07, 6.45) is 1.62. The maximum Gasteiger partial charge on any atom is 0.327 e. The van der Waals surface area contributed by atoms with Crippen LogP contribution in [0.4, 0.5) is 0 Å². The predicted molar refractivity (Wildman–Crippen MR) is 83.2 cm³/mol. The van der Waals surface area contributed by atoms with Gasteiger partial charge in [0.25, 0.3) is 5.56 Å². The van der Waals surface area contributed by atoms with Crippen molar-refractivity contribution in [2.75, 3.05) is 5.75 Å². The van der Waals surface area contributed by atoms with Crippen LogP contribution in [0.3, 0.4) is 0 Å². The van der Waals surface area contributed by atoms with Gasteiger partial charge in [-0.25, -0.2) is 4.79 Å². The van der Waals surface area contributed by atoms with Crippen LogP contribution < -0.4 is 5.56 Å². The maximum atomic E-state index is 12.6. The number of carbonyl (C=O) groups is 1. The standard InChI is InChI=1S/C15H11N3O3S/c19-13-12-9(6-16-17-12)11(8-4-2-1-3-5-8)14-18(13)10(7-22-14)15(20)21/h1-6,10H,7H2,(H,16,17)(H,20,21)/t10-/m0/s1. The van der Waals surface area contributed by atoms with Gasteiger partial charge in [0.2, 0.25) is 0 Å². The summed E-state index contributed by atoms with van der Waals surface area (Å²) < 4.78 is 1.37. The minimum atomic E-state index is -0.994. The van der Waals surface area contributed by atoms with Gasteiger partial charge in [0.1, 0.15) is 11.6 Å². The van der Waals surface area contributed by atoms with E-state index in [0.717, 1.165) is 16.5 Å². The fourth-order valence-electron chi connectivity index (χ4n) is 2.81. The zero-order valence-corrected chi connectivity index (χ0v) is 12.1. The van der Waals surface area contributed by atoms with E-state index in [1.807, 2.05) is 30.3 Å². The maximum absolute atomic E-state index is 12.6. The van der Waals surface area contributed by atoms with E-state index in [4.69, 9.17) is 0 Å². The Labute approximate surface area is 128 Å². The zero-order valence-electron chi connectivity index (χ0n) is 11.3. The highest BCUT2D eigenvalue weighted by Crippen LogP contribution is 2.41. The number of aromatic amines is 1. The van der Waals surface area contributed by atoms with Gasteiger partial charge >= 0.3 is 5.97 Å². The van der Waals surface area contributed by atoms with E-state index in [-0.39, 0.29) is 5.56 Å². The number of carboxylic acid groups (broad SMARTS) is 1. The highest BCUT2D eigenvalue weighted by Gasteiger charge is 2.33. The van der Waals surface area contributed by atoms with E-state index >= 15 is 0 Å². The largest absolute Gasteiger partial charge is 0.480 e. The number of hydrogen-bond acceptors (Lipinski definition) is 4. The summed E-state index contributed by atoms with van der Waals surface area (Å²) in [5.41, 5.74) is 1.81. The summed E-state index contributed by atoms with van der Waals surface area (Å²) in [6, 6.07) is 8.79. The molecule has 0 aliphatic carbocycles. The van der Waals surface area contributed by atoms with Gasteiger partial charge in [-0.15, -0.1) is 11.8 Å². The molecule has 1 aliphatic heterocycles. The quantitative estimate of drug-likeness (QED) is 0.756. The van der Waals surface area contributed by atoms with Crippen LogP contribution in [0, 0.1) is 0 Å². The van der Waals surface area contributed by atoms with Crippen LogP contribution in [-0.4, -0.2) is 31.6 Å². The van der Waals surface area contributed by atoms with E-state index in [1.54, 1.807) is 6.20 Å². The van der Waals surface area contributed by atoms with E-state index in [2.05, 4.69) is 10.2 Å². The van der Waals surface area contributed by atoms with Crippen LogP contribution in [0.5, 0.6) is 0 Å². The monoisotopic (exact) mass is 313 g/mol. The molecule has 0 unspecified atom stereocenters. The van der Waals surface area contributed by atoms with E-state index < -0.39 is 12.0 Å². The molecular weight excluding hydrogens is 302 g/mol. The van der Waals surface area contributed by atoms with Gasteiger partial charge in [0.15, 0.2) is 0 Å². The molecular formula is C15H11N3O3S. The molecule has 2 N–H and O–H groups in total. The molecule has 0 saturated carbocycles. The normalized spacial score (nSPS) is 16.8. The molecule has 4 rings (SSSR count). The number of nitrogens with one attached hydrogen (secondary N) is 1. The lowest BCUT2D eigenvalue weighted by Crippen LogP contribution is -2.29. The number of fused-ring (bicyclic) bond motifs is 2. The van der Waals surface area contributed by atoms with Crippen molar-refractivity contribution in [1.82, 2.24) is 14.8 Å². The summed E-state index contributed by atoms with van der Waals surface area (Å²) in [5.74, 6) is -0.643. The van der Waals surface area contributed by atoms with E-state index in [0.29, 0.717) is 16.3 Å². The Hall–Kier alpha value is -2.54. The molecule has 110 valence electrons. The first kappa shape index (κ1) is 13.1. The predicted octanol–water partition coefficient (Wildman–Crippen LogP) is 2.12. The first-order valence-electron chi connectivity index (χ1n) is 6.71. The number of nitrogens with zero attached hydrogens (tertiary/aromatic N) is 2. The lowest BCUT2D eigenvalue weighted by atomic mass is 10.0. The average Bonchev–Trinajstić information content (AvgIpc) is 3.15. The first-order chi connectivity index (χ1) is 10.7. The number of thioether (sulfide) groups is 1. The Morgan fingerprint density at radius 2 is 2.14 bits per heavy atom. The van der Waals surface area contributed by atoms with Crippen molar-refractivity contribution in [2.45, 2.75) is 11.1 Å². The van der Waals surface area contributed by atoms with Crippen LogP contribution in [0.15, 0.2) is 46.3 Å². The topological polar surface area (TPSA) is 88.0 Å². The van der Waals surface area contributed by atoms with Gasteiger partial charge < -0.3 is 5.11 Å². The Bertz CT molecular complexity index is 946. The van der Waals surface area contributed by atoms with E-state index in [1.165, 1.54) is 16.3 Å². The highest BCUT2D eigenvalue weighted by atomic mass is 32.2. The third kappa shape index (κ3) is 1.72. The second-order valence-corrected chi connectivity index (χ2v) is 6.05. The van der Waals surface area contributed by atoms with Gasteiger partial charge in [0.05, 0.1) is 11.2 Å². The van der Waals surface area contributed by atoms with Gasteiger partial charge in [-0.1, -0.05) is 30.3 Å². The van der Waals surface area contributed by atoms with Crippen molar-refractivity contribution in [3.05, 3.63) is 46.9 Å². The van der Waals surface area contributed by atoms with Gasteiger partial charge in [-0.05, 0) is 5.56 Å². The number of hydrogen-bond donors (Lipinski definition) is 2. The minimum Gasteiger partial charge on any atom is -0.480 e. The van der Waals surface area contributed by atoms with Gasteiger partial charge in [-0.3, -0.25) is 14.5 Å². The molecule has 6 nitrogen and oxygen atoms in total. The van der Waals surface area contributed by atoms with Crippen LogP contribution in [0.25, 0.3) is 22.0 Å². The van der Waals surface area contributed by atoms with Crippen molar-refractivity contribution >= 4 is 28.6 Å². The number of H-pyrrole nitrogens is 1. The number of pyridine rings is 1. The molecule has 3 aromatic rings. The molecule has 1 aliphatic rings. The second-order valence-electron chi connectivity index (χ2n) is 5.05. The number of rotatable bonds is 2. The summed E-state index contributed by atoms with van der Waals surface area (Å²) in [6.45, 7) is 0. The molecule has 0 spiro atoms. The van der Waals surface area contributed by atoms with E-state index in [9.17, 15) is 14.7 Å². The van der Waals surface area contributed by atoms with Crippen LogP contribution in [-0.2, 0) is 4.79 Å². The van der Waals surface area contributed by atoms with Gasteiger partial charge in [0, 0.05) is 16.7 Å². The molecule has 0 saturated heterocycles. The van der Waals surface area contributed by atoms with Crippen molar-refractivity contribution in [3.8, 4) is 11.1 Å². The molecule has 0 bridgehead atoms. The summed E-state index contributed by atoms with van der Waals surface area (Å²) in [7, 11) is 0. The molecule has 7 heteroatoms.